The summed E-state index contributed by atoms with van der Waals surface area (Å²) in [6.07, 6.45) is -0.614. The van der Waals surface area contributed by atoms with Crippen LogP contribution in [0.15, 0.2) is 0 Å². The number of alkyl halides is 1. The second-order valence-corrected chi connectivity index (χ2v) is 1.93. The molecular formula is C5H9ClO3. The van der Waals surface area contributed by atoms with Gasteiger partial charge in [0, 0.05) is 0 Å². The zero-order valence-corrected chi connectivity index (χ0v) is 5.89. The van der Waals surface area contributed by atoms with Crippen molar-refractivity contribution >= 4 is 17.6 Å². The highest BCUT2D eigenvalue weighted by molar-refractivity contribution is 6.26. The molecular weight excluding hydrogens is 144 g/mol. The Labute approximate surface area is 58.6 Å². The lowest BCUT2D eigenvalue weighted by Gasteiger charge is -2.03. The average molecular weight is 153 g/mol. The predicted molar refractivity (Wildman–Crippen MR) is 33.4 cm³/mol. The van der Waals surface area contributed by atoms with Crippen LogP contribution in [0.4, 0.5) is 0 Å². The van der Waals surface area contributed by atoms with E-state index in [9.17, 15) is 4.79 Å². The molecule has 0 amide bonds. The molecule has 4 heteroatoms. The number of rotatable bonds is 3. The van der Waals surface area contributed by atoms with Crippen LogP contribution in [-0.4, -0.2) is 29.7 Å². The quantitative estimate of drug-likeness (QED) is 0.463. The Bertz CT molecular complexity index is 92.2. The number of ether oxygens (including phenoxy) is 1. The topological polar surface area (TPSA) is 46.5 Å². The number of carbonyl (C=O) groups is 1. The molecule has 0 rings (SSSR count). The second kappa shape index (κ2) is 4.58. The molecule has 0 radical (unpaired) electrons. The Morgan fingerprint density at radius 2 is 2.44 bits per heavy atom. The van der Waals surface area contributed by atoms with E-state index in [0.717, 1.165) is 0 Å². The van der Waals surface area contributed by atoms with Crippen LogP contribution < -0.4 is 0 Å². The summed E-state index contributed by atoms with van der Waals surface area (Å²) in [6.45, 7) is 1.55. The van der Waals surface area contributed by atoms with Gasteiger partial charge in [-0.2, -0.15) is 0 Å². The highest BCUT2D eigenvalue weighted by Crippen LogP contribution is 1.85. The molecule has 0 aromatic heterocycles. The van der Waals surface area contributed by atoms with Gasteiger partial charge in [0.1, 0.15) is 12.5 Å². The predicted octanol–water partition coefficient (Wildman–Crippen LogP) is 0.149. The summed E-state index contributed by atoms with van der Waals surface area (Å²) in [4.78, 5) is 10.3. The Hall–Kier alpha value is -0.280. The van der Waals surface area contributed by atoms with E-state index in [4.69, 9.17) is 16.7 Å². The van der Waals surface area contributed by atoms with Crippen molar-refractivity contribution in [1.29, 1.82) is 0 Å². The molecule has 0 spiro atoms. The van der Waals surface area contributed by atoms with Gasteiger partial charge < -0.3 is 9.84 Å². The van der Waals surface area contributed by atoms with Crippen LogP contribution >= 0.6 is 11.6 Å². The number of halogens is 1. The summed E-state index contributed by atoms with van der Waals surface area (Å²) in [5, 5.41) is 8.58. The minimum atomic E-state index is -0.614. The molecule has 9 heavy (non-hydrogen) atoms. The van der Waals surface area contributed by atoms with Crippen LogP contribution in [0.2, 0.25) is 0 Å². The van der Waals surface area contributed by atoms with E-state index in [1.54, 1.807) is 0 Å². The lowest BCUT2D eigenvalue weighted by molar-refractivity contribution is -0.143. The van der Waals surface area contributed by atoms with Crippen LogP contribution in [-0.2, 0) is 9.53 Å². The molecule has 1 atom stereocenters. The first-order valence-electron chi connectivity index (χ1n) is 2.56. The van der Waals surface area contributed by atoms with E-state index >= 15 is 0 Å². The molecule has 0 bridgehead atoms. The number of hydrogen-bond donors (Lipinski definition) is 1. The molecule has 0 aromatic rings. The van der Waals surface area contributed by atoms with Gasteiger partial charge in [-0.1, -0.05) is 0 Å². The van der Waals surface area contributed by atoms with Crippen LogP contribution in [0, 0.1) is 0 Å². The fourth-order valence-corrected chi connectivity index (χ4v) is 0.329. The monoisotopic (exact) mass is 152 g/mol. The fraction of sp³-hybridized carbons (Fsp3) is 0.800. The summed E-state index contributed by atoms with van der Waals surface area (Å²) in [6, 6.07) is 0. The Morgan fingerprint density at radius 1 is 1.89 bits per heavy atom. The van der Waals surface area contributed by atoms with Gasteiger partial charge in [-0.05, 0) is 6.92 Å². The number of aliphatic hydroxyl groups is 1. The minimum absolute atomic E-state index is 0.0194. The van der Waals surface area contributed by atoms with Crippen molar-refractivity contribution in [2.45, 2.75) is 13.0 Å². The molecule has 0 saturated heterocycles. The van der Waals surface area contributed by atoms with Crippen molar-refractivity contribution in [3.63, 3.8) is 0 Å². The van der Waals surface area contributed by atoms with Gasteiger partial charge >= 0.3 is 5.97 Å². The third-order valence-electron chi connectivity index (χ3n) is 0.595. The van der Waals surface area contributed by atoms with Crippen LogP contribution in [0.1, 0.15) is 6.92 Å². The Balaban J connectivity index is 3.17. The van der Waals surface area contributed by atoms with Gasteiger partial charge in [-0.25, -0.2) is 0 Å². The summed E-state index contributed by atoms with van der Waals surface area (Å²) >= 11 is 5.08. The van der Waals surface area contributed by atoms with E-state index in [2.05, 4.69) is 4.74 Å². The van der Waals surface area contributed by atoms with Gasteiger partial charge in [-0.3, -0.25) is 4.79 Å². The van der Waals surface area contributed by atoms with E-state index in [1.807, 2.05) is 0 Å². The lowest BCUT2D eigenvalue weighted by atomic mass is 10.4. The molecule has 54 valence electrons. The zero-order chi connectivity index (χ0) is 7.28. The van der Waals surface area contributed by atoms with Crippen molar-refractivity contribution < 1.29 is 14.6 Å². The lowest BCUT2D eigenvalue weighted by Crippen LogP contribution is -2.15. The fourth-order valence-electron chi connectivity index (χ4n) is 0.252. The maximum Gasteiger partial charge on any atom is 0.320 e. The highest BCUT2D eigenvalue weighted by Gasteiger charge is 2.01. The summed E-state index contributed by atoms with van der Waals surface area (Å²) in [7, 11) is 0. The maximum absolute atomic E-state index is 10.3. The van der Waals surface area contributed by atoms with Gasteiger partial charge in [0.05, 0.1) is 6.10 Å². The number of aliphatic hydroxyl groups excluding tert-OH is 1. The molecule has 0 heterocycles. The Kier molecular flexibility index (Phi) is 4.44. The van der Waals surface area contributed by atoms with Crippen molar-refractivity contribution in [2.24, 2.45) is 0 Å². The van der Waals surface area contributed by atoms with Crippen molar-refractivity contribution in [3.05, 3.63) is 0 Å². The summed E-state index contributed by atoms with van der Waals surface area (Å²) < 4.78 is 4.43. The standard InChI is InChI=1S/C5H9ClO3/c1-4(7)3-9-5(8)2-6/h4,7H,2-3H2,1H3. The van der Waals surface area contributed by atoms with Gasteiger partial charge in [0.15, 0.2) is 0 Å². The van der Waals surface area contributed by atoms with Gasteiger partial charge in [0.25, 0.3) is 0 Å². The zero-order valence-electron chi connectivity index (χ0n) is 5.13. The largest absolute Gasteiger partial charge is 0.462 e. The normalized spacial score (nSPS) is 12.8. The molecule has 0 aliphatic heterocycles. The van der Waals surface area contributed by atoms with Crippen molar-refractivity contribution in [2.75, 3.05) is 12.5 Å². The van der Waals surface area contributed by atoms with E-state index in [-0.39, 0.29) is 12.5 Å². The Morgan fingerprint density at radius 3 is 2.78 bits per heavy atom. The van der Waals surface area contributed by atoms with Crippen LogP contribution in [0.25, 0.3) is 0 Å². The third-order valence-corrected chi connectivity index (χ3v) is 0.813. The van der Waals surface area contributed by atoms with E-state index < -0.39 is 12.1 Å². The van der Waals surface area contributed by atoms with Crippen LogP contribution in [0.5, 0.6) is 0 Å². The van der Waals surface area contributed by atoms with Gasteiger partial charge in [0.2, 0.25) is 0 Å². The molecule has 1 unspecified atom stereocenters. The first kappa shape index (κ1) is 8.72. The molecule has 0 fully saturated rings. The SMILES string of the molecule is CC(O)COC(=O)CCl. The van der Waals surface area contributed by atoms with Gasteiger partial charge in [-0.15, -0.1) is 11.6 Å². The van der Waals surface area contributed by atoms with Crippen molar-refractivity contribution in [3.8, 4) is 0 Å². The number of hydrogen-bond acceptors (Lipinski definition) is 3. The summed E-state index contributed by atoms with van der Waals surface area (Å²) in [5.41, 5.74) is 0. The molecule has 0 saturated carbocycles. The second-order valence-electron chi connectivity index (χ2n) is 1.67. The first-order valence-corrected chi connectivity index (χ1v) is 3.10. The smallest absolute Gasteiger partial charge is 0.320 e. The van der Waals surface area contributed by atoms with Crippen LogP contribution in [0.3, 0.4) is 0 Å². The highest BCUT2D eigenvalue weighted by atomic mass is 35.5. The molecule has 0 aromatic carbocycles. The molecule has 1 N–H and O–H groups in total. The number of esters is 1. The van der Waals surface area contributed by atoms with Crippen molar-refractivity contribution in [1.82, 2.24) is 0 Å². The maximum atomic E-state index is 10.3. The average Bonchev–Trinajstić information content (AvgIpc) is 1.83. The van der Waals surface area contributed by atoms with E-state index in [1.165, 1.54) is 6.92 Å². The molecule has 0 aliphatic rings. The number of carbonyl (C=O) groups excluding carboxylic acids is 1. The first-order chi connectivity index (χ1) is 4.16. The third kappa shape index (κ3) is 5.59. The summed E-state index contributed by atoms with van der Waals surface area (Å²) in [5.74, 6) is -0.662. The molecule has 3 nitrogen and oxygen atoms in total. The van der Waals surface area contributed by atoms with E-state index in [0.29, 0.717) is 0 Å². The molecule has 0 aliphatic carbocycles. The minimum Gasteiger partial charge on any atom is -0.462 e.